The van der Waals surface area contributed by atoms with Crippen molar-refractivity contribution in [3.63, 3.8) is 0 Å². The quantitative estimate of drug-likeness (QED) is 0.185. The van der Waals surface area contributed by atoms with Crippen LogP contribution in [0, 0.1) is 0 Å². The molecule has 3 heterocycles. The van der Waals surface area contributed by atoms with E-state index in [9.17, 15) is 0 Å². The Kier molecular flexibility index (Phi) is 6.68. The van der Waals surface area contributed by atoms with E-state index < -0.39 is 0 Å². The fraction of sp³-hybridized carbons (Fsp3) is 0. The summed E-state index contributed by atoms with van der Waals surface area (Å²) < 4.78 is 4.71. The Hall–Kier alpha value is -6.36. The molecule has 3 nitrogen and oxygen atoms in total. The summed E-state index contributed by atoms with van der Waals surface area (Å²) in [6.45, 7) is 0. The number of fused-ring (bicyclic) bond motifs is 6. The Balaban J connectivity index is 1.15. The van der Waals surface area contributed by atoms with Crippen molar-refractivity contribution in [1.29, 1.82) is 0 Å². The van der Waals surface area contributed by atoms with Gasteiger partial charge in [-0.05, 0) is 70.8 Å². The maximum atomic E-state index is 5.23. The Morgan fingerprint density at radius 1 is 0.400 bits per heavy atom. The molecule has 0 spiro atoms. The van der Waals surface area contributed by atoms with Crippen LogP contribution >= 0.6 is 11.3 Å². The predicted octanol–water partition coefficient (Wildman–Crippen LogP) is 12.6. The van der Waals surface area contributed by atoms with Crippen LogP contribution in [0.15, 0.2) is 176 Å². The topological polar surface area (TPSA) is 30.7 Å². The van der Waals surface area contributed by atoms with Gasteiger partial charge in [-0.1, -0.05) is 127 Å². The zero-order valence-corrected chi connectivity index (χ0v) is 27.8. The number of rotatable bonds is 5. The molecule has 3 aromatic heterocycles. The van der Waals surface area contributed by atoms with Crippen molar-refractivity contribution < 1.29 is 0 Å². The largest absolute Gasteiger partial charge is 0.309 e. The molecule has 0 atom stereocenters. The summed E-state index contributed by atoms with van der Waals surface area (Å²) in [4.78, 5) is 10.5. The lowest BCUT2D eigenvalue weighted by molar-refractivity contribution is 1.18. The van der Waals surface area contributed by atoms with Crippen LogP contribution in [0.2, 0.25) is 0 Å². The van der Waals surface area contributed by atoms with Gasteiger partial charge in [0.2, 0.25) is 0 Å². The van der Waals surface area contributed by atoms with E-state index in [0.717, 1.165) is 49.7 Å². The second-order valence-electron chi connectivity index (χ2n) is 12.6. The Labute approximate surface area is 293 Å². The molecular formula is C46H29N3S. The SMILES string of the molecule is c1ccc(-c2ccc3c(c2)c2cc(-c4cccc(-c5nc(-c6ccccc6)c6sc7ccccc7c6n5)c4)ccc2n3-c2ccccc2)cc1. The number of hydrogen-bond acceptors (Lipinski definition) is 3. The van der Waals surface area contributed by atoms with Gasteiger partial charge in [0.15, 0.2) is 5.82 Å². The molecule has 0 aliphatic rings. The summed E-state index contributed by atoms with van der Waals surface area (Å²) in [7, 11) is 0. The van der Waals surface area contributed by atoms with Crippen LogP contribution in [-0.4, -0.2) is 14.5 Å². The molecule has 0 fully saturated rings. The summed E-state index contributed by atoms with van der Waals surface area (Å²) in [6, 6.07) is 62.6. The molecular weight excluding hydrogens is 627 g/mol. The Morgan fingerprint density at radius 3 is 1.68 bits per heavy atom. The van der Waals surface area contributed by atoms with Crippen LogP contribution in [0.5, 0.6) is 0 Å². The van der Waals surface area contributed by atoms with Gasteiger partial charge in [0.25, 0.3) is 0 Å². The second kappa shape index (κ2) is 11.7. The van der Waals surface area contributed by atoms with Crippen molar-refractivity contribution in [2.45, 2.75) is 0 Å². The molecule has 234 valence electrons. The lowest BCUT2D eigenvalue weighted by atomic mass is 9.99. The van der Waals surface area contributed by atoms with Crippen LogP contribution in [0.3, 0.4) is 0 Å². The molecule has 0 saturated carbocycles. The monoisotopic (exact) mass is 655 g/mol. The van der Waals surface area contributed by atoms with Crippen LogP contribution in [0.1, 0.15) is 0 Å². The third-order valence-electron chi connectivity index (χ3n) is 9.61. The molecule has 0 amide bonds. The number of aromatic nitrogens is 3. The summed E-state index contributed by atoms with van der Waals surface area (Å²) in [5.41, 5.74) is 12.3. The smallest absolute Gasteiger partial charge is 0.160 e. The van der Waals surface area contributed by atoms with Crippen molar-refractivity contribution in [2.75, 3.05) is 0 Å². The highest BCUT2D eigenvalue weighted by molar-refractivity contribution is 7.26. The maximum Gasteiger partial charge on any atom is 0.160 e. The molecule has 0 radical (unpaired) electrons. The standard InChI is InChI=1S/C46H29N3S/c1-4-13-30(14-5-1)33-23-25-40-38(28-33)39-29-34(24-26-41(39)49(40)36-19-8-3-9-20-36)32-17-12-18-35(27-32)46-47-43(31-15-6-2-7-16-31)45-44(48-46)37-21-10-11-22-42(37)50-45/h1-29H. The zero-order valence-electron chi connectivity index (χ0n) is 27.0. The van der Waals surface area contributed by atoms with E-state index in [-0.39, 0.29) is 0 Å². The minimum absolute atomic E-state index is 0.732. The minimum Gasteiger partial charge on any atom is -0.309 e. The number of para-hydroxylation sites is 1. The molecule has 0 aliphatic carbocycles. The molecule has 0 unspecified atom stereocenters. The zero-order chi connectivity index (χ0) is 33.0. The number of nitrogens with zero attached hydrogens (tertiary/aromatic N) is 3. The van der Waals surface area contributed by atoms with Crippen molar-refractivity contribution in [3.8, 4) is 50.6 Å². The minimum atomic E-state index is 0.732. The van der Waals surface area contributed by atoms with Gasteiger partial charge in [-0.2, -0.15) is 0 Å². The van der Waals surface area contributed by atoms with Crippen LogP contribution in [0.4, 0.5) is 0 Å². The first kappa shape index (κ1) is 28.6. The molecule has 10 rings (SSSR count). The fourth-order valence-electron chi connectivity index (χ4n) is 7.22. The van der Waals surface area contributed by atoms with Gasteiger partial charge in [-0.25, -0.2) is 9.97 Å². The second-order valence-corrected chi connectivity index (χ2v) is 13.7. The predicted molar refractivity (Wildman–Crippen MR) is 211 cm³/mol. The first-order chi connectivity index (χ1) is 24.8. The highest BCUT2D eigenvalue weighted by atomic mass is 32.1. The fourth-order valence-corrected chi connectivity index (χ4v) is 8.37. The first-order valence-corrected chi connectivity index (χ1v) is 17.6. The molecule has 0 saturated heterocycles. The van der Waals surface area contributed by atoms with Gasteiger partial charge in [0.05, 0.1) is 26.9 Å². The third-order valence-corrected chi connectivity index (χ3v) is 10.8. The maximum absolute atomic E-state index is 5.23. The lowest BCUT2D eigenvalue weighted by Crippen LogP contribution is -1.94. The van der Waals surface area contributed by atoms with E-state index >= 15 is 0 Å². The molecule has 4 heteroatoms. The van der Waals surface area contributed by atoms with Crippen molar-refractivity contribution in [2.24, 2.45) is 0 Å². The molecule has 0 bridgehead atoms. The van der Waals surface area contributed by atoms with Gasteiger partial charge in [0.1, 0.15) is 0 Å². The summed E-state index contributed by atoms with van der Waals surface area (Å²) in [5.74, 6) is 0.732. The Bertz CT molecular complexity index is 2850. The van der Waals surface area contributed by atoms with E-state index in [1.54, 1.807) is 11.3 Å². The van der Waals surface area contributed by atoms with Crippen LogP contribution in [0.25, 0.3) is 92.7 Å². The van der Waals surface area contributed by atoms with Crippen molar-refractivity contribution >= 4 is 53.4 Å². The number of hydrogen-bond donors (Lipinski definition) is 0. The highest BCUT2D eigenvalue weighted by Gasteiger charge is 2.18. The molecule has 10 aromatic rings. The van der Waals surface area contributed by atoms with E-state index in [0.29, 0.717) is 0 Å². The Morgan fingerprint density at radius 2 is 0.960 bits per heavy atom. The first-order valence-electron chi connectivity index (χ1n) is 16.8. The average molecular weight is 656 g/mol. The highest BCUT2D eigenvalue weighted by Crippen LogP contribution is 2.41. The van der Waals surface area contributed by atoms with Gasteiger partial charge in [-0.15, -0.1) is 11.3 Å². The summed E-state index contributed by atoms with van der Waals surface area (Å²) >= 11 is 1.76. The molecule has 7 aromatic carbocycles. The average Bonchev–Trinajstić information content (AvgIpc) is 3.74. The van der Waals surface area contributed by atoms with Crippen LogP contribution < -0.4 is 0 Å². The van der Waals surface area contributed by atoms with Gasteiger partial charge >= 0.3 is 0 Å². The van der Waals surface area contributed by atoms with E-state index in [1.165, 1.54) is 43.0 Å². The number of thiophene rings is 1. The van der Waals surface area contributed by atoms with Crippen molar-refractivity contribution in [3.05, 3.63) is 176 Å². The van der Waals surface area contributed by atoms with Gasteiger partial charge in [-0.3, -0.25) is 0 Å². The summed E-state index contributed by atoms with van der Waals surface area (Å²) in [5, 5.41) is 3.62. The van der Waals surface area contributed by atoms with E-state index in [4.69, 9.17) is 9.97 Å². The van der Waals surface area contributed by atoms with Crippen molar-refractivity contribution in [1.82, 2.24) is 14.5 Å². The molecule has 0 aliphatic heterocycles. The lowest BCUT2D eigenvalue weighted by Gasteiger charge is -2.10. The number of benzene rings is 7. The van der Waals surface area contributed by atoms with Gasteiger partial charge < -0.3 is 4.57 Å². The van der Waals surface area contributed by atoms with Gasteiger partial charge in [0, 0.05) is 37.7 Å². The molecule has 50 heavy (non-hydrogen) atoms. The van der Waals surface area contributed by atoms with Crippen LogP contribution in [-0.2, 0) is 0 Å². The van der Waals surface area contributed by atoms with E-state index in [1.807, 2.05) is 6.07 Å². The normalized spacial score (nSPS) is 11.6. The third kappa shape index (κ3) is 4.73. The van der Waals surface area contributed by atoms with E-state index in [2.05, 4.69) is 174 Å². The summed E-state index contributed by atoms with van der Waals surface area (Å²) in [6.07, 6.45) is 0. The molecule has 0 N–H and O–H groups in total.